The number of hydrogen-bond acceptors (Lipinski definition) is 0. The lowest BCUT2D eigenvalue weighted by atomic mass is 9.92. The first-order chi connectivity index (χ1) is 8.35. The Morgan fingerprint density at radius 2 is 1.76 bits per heavy atom. The predicted molar refractivity (Wildman–Crippen MR) is 79.2 cm³/mol. The fourth-order valence-corrected chi connectivity index (χ4v) is 2.34. The van der Waals surface area contributed by atoms with Gasteiger partial charge in [0.1, 0.15) is 0 Å². The molecule has 1 atom stereocenters. The first-order valence-corrected chi connectivity index (χ1v) is 7.30. The van der Waals surface area contributed by atoms with Gasteiger partial charge in [0.15, 0.2) is 0 Å². The van der Waals surface area contributed by atoms with Gasteiger partial charge in [0.25, 0.3) is 0 Å². The van der Waals surface area contributed by atoms with E-state index in [1.54, 1.807) is 0 Å². The van der Waals surface area contributed by atoms with Crippen molar-refractivity contribution in [2.45, 2.75) is 71.1 Å². The summed E-state index contributed by atoms with van der Waals surface area (Å²) in [5.41, 5.74) is 2.87. The van der Waals surface area contributed by atoms with Crippen LogP contribution in [0.5, 0.6) is 0 Å². The smallest absolute Gasteiger partial charge is 0.0272 e. The van der Waals surface area contributed by atoms with Crippen LogP contribution < -0.4 is 0 Å². The zero-order valence-corrected chi connectivity index (χ0v) is 11.7. The topological polar surface area (TPSA) is 0 Å². The Balaban J connectivity index is 3.54. The van der Waals surface area contributed by atoms with E-state index in [1.165, 1.54) is 57.8 Å². The van der Waals surface area contributed by atoms with E-state index in [2.05, 4.69) is 31.9 Å². The van der Waals surface area contributed by atoms with Crippen molar-refractivity contribution >= 4 is 0 Å². The largest absolute Gasteiger partial charge is 0.133 e. The first-order valence-electron chi connectivity index (χ1n) is 7.30. The SMILES string of the molecule is C=C=CCCC(CCC)CCCCCCC=C. The molecule has 0 fully saturated rings. The van der Waals surface area contributed by atoms with Gasteiger partial charge in [-0.1, -0.05) is 58.1 Å². The number of unbranched alkanes of at least 4 members (excludes halogenated alkanes) is 4. The second-order valence-corrected chi connectivity index (χ2v) is 4.92. The van der Waals surface area contributed by atoms with Crippen molar-refractivity contribution in [2.24, 2.45) is 5.92 Å². The highest BCUT2D eigenvalue weighted by molar-refractivity contribution is 4.77. The lowest BCUT2D eigenvalue weighted by Gasteiger charge is -2.14. The van der Waals surface area contributed by atoms with Crippen LogP contribution in [0.4, 0.5) is 0 Å². The van der Waals surface area contributed by atoms with Crippen molar-refractivity contribution < 1.29 is 0 Å². The molecule has 0 aromatic heterocycles. The second-order valence-electron chi connectivity index (χ2n) is 4.92. The molecule has 0 N–H and O–H groups in total. The highest BCUT2D eigenvalue weighted by Gasteiger charge is 2.06. The summed E-state index contributed by atoms with van der Waals surface area (Å²) >= 11 is 0. The Bertz CT molecular complexity index is 208. The predicted octanol–water partition coefficient (Wildman–Crippen LogP) is 6.05. The van der Waals surface area contributed by atoms with Crippen LogP contribution in [0, 0.1) is 5.92 Å². The van der Waals surface area contributed by atoms with Crippen molar-refractivity contribution in [2.75, 3.05) is 0 Å². The molecule has 0 saturated heterocycles. The summed E-state index contributed by atoms with van der Waals surface area (Å²) in [5.74, 6) is 0.920. The summed E-state index contributed by atoms with van der Waals surface area (Å²) in [7, 11) is 0. The minimum absolute atomic E-state index is 0.920. The summed E-state index contributed by atoms with van der Waals surface area (Å²) in [5, 5.41) is 0. The molecule has 0 amide bonds. The average Bonchev–Trinajstić information content (AvgIpc) is 2.34. The van der Waals surface area contributed by atoms with E-state index >= 15 is 0 Å². The lowest BCUT2D eigenvalue weighted by Crippen LogP contribution is -1.99. The highest BCUT2D eigenvalue weighted by atomic mass is 14.1. The van der Waals surface area contributed by atoms with Crippen molar-refractivity contribution in [1.82, 2.24) is 0 Å². The molecular formula is C17H30. The Kier molecular flexibility index (Phi) is 12.7. The van der Waals surface area contributed by atoms with Gasteiger partial charge in [-0.05, 0) is 37.7 Å². The summed E-state index contributed by atoms with van der Waals surface area (Å²) < 4.78 is 0. The average molecular weight is 234 g/mol. The monoisotopic (exact) mass is 234 g/mol. The molecule has 17 heavy (non-hydrogen) atoms. The number of rotatable bonds is 12. The molecule has 0 aromatic rings. The van der Waals surface area contributed by atoms with Crippen LogP contribution in [0.3, 0.4) is 0 Å². The number of hydrogen-bond donors (Lipinski definition) is 0. The van der Waals surface area contributed by atoms with Gasteiger partial charge in [0.05, 0.1) is 0 Å². The van der Waals surface area contributed by atoms with Gasteiger partial charge in [-0.15, -0.1) is 12.3 Å². The van der Waals surface area contributed by atoms with Crippen molar-refractivity contribution in [1.29, 1.82) is 0 Å². The Morgan fingerprint density at radius 3 is 2.41 bits per heavy atom. The van der Waals surface area contributed by atoms with Gasteiger partial charge >= 0.3 is 0 Å². The maximum absolute atomic E-state index is 3.76. The fraction of sp³-hybridized carbons (Fsp3) is 0.706. The summed E-state index contributed by atoms with van der Waals surface area (Å²) in [6.07, 6.45) is 17.4. The molecule has 0 saturated carbocycles. The first kappa shape index (κ1) is 16.3. The quantitative estimate of drug-likeness (QED) is 0.219. The Labute approximate surface area is 109 Å². The maximum atomic E-state index is 3.76. The summed E-state index contributed by atoms with van der Waals surface area (Å²) in [4.78, 5) is 0. The van der Waals surface area contributed by atoms with Crippen LogP contribution in [0.1, 0.15) is 71.1 Å². The van der Waals surface area contributed by atoms with Crippen LogP contribution in [0.2, 0.25) is 0 Å². The van der Waals surface area contributed by atoms with Crippen molar-refractivity contribution in [3.05, 3.63) is 31.0 Å². The van der Waals surface area contributed by atoms with Crippen LogP contribution in [0.15, 0.2) is 31.0 Å². The molecular weight excluding hydrogens is 204 g/mol. The molecule has 0 bridgehead atoms. The third-order valence-corrected chi connectivity index (χ3v) is 3.33. The third kappa shape index (κ3) is 11.5. The molecule has 0 heterocycles. The molecule has 0 heteroatoms. The summed E-state index contributed by atoms with van der Waals surface area (Å²) in [6.45, 7) is 9.67. The number of allylic oxidation sites excluding steroid dienone is 2. The lowest BCUT2D eigenvalue weighted by molar-refractivity contribution is 0.398. The molecule has 98 valence electrons. The van der Waals surface area contributed by atoms with E-state index < -0.39 is 0 Å². The zero-order valence-electron chi connectivity index (χ0n) is 11.7. The fourth-order valence-electron chi connectivity index (χ4n) is 2.34. The zero-order chi connectivity index (χ0) is 12.8. The standard InChI is InChI=1S/C17H30/c1-4-7-9-10-11-13-16-17(14-6-3)15-12-8-5-2/h4,8,17H,1-2,6-7,9-16H2,3H3. The van der Waals surface area contributed by atoms with Crippen molar-refractivity contribution in [3.8, 4) is 0 Å². The molecule has 0 spiro atoms. The third-order valence-electron chi connectivity index (χ3n) is 3.33. The molecule has 0 aliphatic carbocycles. The van der Waals surface area contributed by atoms with Crippen LogP contribution in [0.25, 0.3) is 0 Å². The minimum Gasteiger partial charge on any atom is -0.133 e. The van der Waals surface area contributed by atoms with E-state index in [1.807, 2.05) is 6.08 Å². The van der Waals surface area contributed by atoms with Gasteiger partial charge in [-0.3, -0.25) is 0 Å². The molecule has 0 aromatic carbocycles. The molecule has 0 rings (SSSR count). The molecule has 0 nitrogen and oxygen atoms in total. The normalized spacial score (nSPS) is 11.8. The van der Waals surface area contributed by atoms with E-state index in [0.717, 1.165) is 12.3 Å². The Hall–Kier alpha value is -0.740. The van der Waals surface area contributed by atoms with E-state index in [9.17, 15) is 0 Å². The summed E-state index contributed by atoms with van der Waals surface area (Å²) in [6, 6.07) is 0. The van der Waals surface area contributed by atoms with Crippen molar-refractivity contribution in [3.63, 3.8) is 0 Å². The Morgan fingerprint density at radius 1 is 1.00 bits per heavy atom. The van der Waals surface area contributed by atoms with Gasteiger partial charge < -0.3 is 0 Å². The van der Waals surface area contributed by atoms with E-state index in [4.69, 9.17) is 0 Å². The molecule has 0 radical (unpaired) electrons. The van der Waals surface area contributed by atoms with E-state index in [0.29, 0.717) is 0 Å². The maximum Gasteiger partial charge on any atom is -0.0272 e. The van der Waals surface area contributed by atoms with Crippen LogP contribution in [-0.4, -0.2) is 0 Å². The highest BCUT2D eigenvalue weighted by Crippen LogP contribution is 2.21. The van der Waals surface area contributed by atoms with Gasteiger partial charge in [-0.25, -0.2) is 0 Å². The van der Waals surface area contributed by atoms with Crippen LogP contribution >= 0.6 is 0 Å². The second kappa shape index (κ2) is 13.3. The van der Waals surface area contributed by atoms with Gasteiger partial charge in [0, 0.05) is 0 Å². The van der Waals surface area contributed by atoms with Crippen LogP contribution in [-0.2, 0) is 0 Å². The van der Waals surface area contributed by atoms with E-state index in [-0.39, 0.29) is 0 Å². The molecule has 0 aliphatic rings. The molecule has 0 aliphatic heterocycles. The minimum atomic E-state index is 0.920. The van der Waals surface area contributed by atoms with Gasteiger partial charge in [-0.2, -0.15) is 0 Å². The molecule has 1 unspecified atom stereocenters. The van der Waals surface area contributed by atoms with Gasteiger partial charge in [0.2, 0.25) is 0 Å².